The summed E-state index contributed by atoms with van der Waals surface area (Å²) >= 11 is 0. The number of nitrogens with zero attached hydrogens (tertiary/aromatic N) is 1. The number of carbonyl (C=O) groups is 1. The topological polar surface area (TPSA) is 52.6 Å². The minimum atomic E-state index is -1.87. The van der Waals surface area contributed by atoms with Crippen molar-refractivity contribution in [3.05, 3.63) is 35.4 Å². The van der Waals surface area contributed by atoms with Gasteiger partial charge in [0.15, 0.2) is 5.67 Å². The molecule has 2 rings (SSSR count). The van der Waals surface area contributed by atoms with E-state index in [9.17, 15) is 14.3 Å². The molecule has 0 spiro atoms. The first-order chi connectivity index (χ1) is 9.86. The number of hydrogen-bond acceptors (Lipinski definition) is 3. The second-order valence-corrected chi connectivity index (χ2v) is 6.10. The Kier molecular flexibility index (Phi) is 4.96. The van der Waals surface area contributed by atoms with E-state index < -0.39 is 11.6 Å². The summed E-state index contributed by atoms with van der Waals surface area (Å²) in [5.74, 6) is -0.603. The van der Waals surface area contributed by atoms with Crippen LogP contribution in [0.3, 0.4) is 0 Å². The predicted octanol–water partition coefficient (Wildman–Crippen LogP) is 1.62. The smallest absolute Gasteiger partial charge is 0.257 e. The van der Waals surface area contributed by atoms with Gasteiger partial charge in [-0.3, -0.25) is 9.69 Å². The number of amides is 1. The van der Waals surface area contributed by atoms with E-state index >= 15 is 0 Å². The number of aliphatic hydroxyl groups is 1. The molecule has 2 N–H and O–H groups in total. The SMILES string of the molecule is CC(C)(F)C(=O)NCc1ccccc1CN1CC[C@@H](O)C1. The molecule has 1 amide bonds. The molecule has 1 aliphatic heterocycles. The zero-order valence-corrected chi connectivity index (χ0v) is 12.6. The molecule has 21 heavy (non-hydrogen) atoms. The number of likely N-dealkylation sites (tertiary alicyclic amines) is 1. The van der Waals surface area contributed by atoms with Crippen LogP contribution in [0.4, 0.5) is 4.39 Å². The van der Waals surface area contributed by atoms with Gasteiger partial charge < -0.3 is 10.4 Å². The molecule has 0 unspecified atom stereocenters. The average Bonchev–Trinajstić information content (AvgIpc) is 2.81. The standard InChI is InChI=1S/C16H23FN2O2/c1-16(2,17)15(21)18-9-12-5-3-4-6-13(12)10-19-8-7-14(20)11-19/h3-6,14,20H,7-11H2,1-2H3,(H,18,21)/t14-/m1/s1. The van der Waals surface area contributed by atoms with Crippen molar-refractivity contribution in [1.82, 2.24) is 10.2 Å². The molecule has 1 fully saturated rings. The molecule has 1 aliphatic rings. The van der Waals surface area contributed by atoms with Gasteiger partial charge in [-0.05, 0) is 31.4 Å². The Labute approximate surface area is 125 Å². The fourth-order valence-corrected chi connectivity index (χ4v) is 2.47. The van der Waals surface area contributed by atoms with Gasteiger partial charge in [0, 0.05) is 26.2 Å². The first-order valence-electron chi connectivity index (χ1n) is 7.30. The first kappa shape index (κ1) is 15.9. The molecule has 1 saturated heterocycles. The Hall–Kier alpha value is -1.46. The minimum Gasteiger partial charge on any atom is -0.392 e. The number of alkyl halides is 1. The van der Waals surface area contributed by atoms with Gasteiger partial charge in [0.25, 0.3) is 5.91 Å². The maximum absolute atomic E-state index is 13.5. The molecule has 116 valence electrons. The van der Waals surface area contributed by atoms with Gasteiger partial charge in [0.05, 0.1) is 6.10 Å². The summed E-state index contributed by atoms with van der Waals surface area (Å²) in [4.78, 5) is 13.8. The Bertz CT molecular complexity index is 499. The normalized spacial score (nSPS) is 19.7. The van der Waals surface area contributed by atoms with Crippen molar-refractivity contribution >= 4 is 5.91 Å². The predicted molar refractivity (Wildman–Crippen MR) is 79.4 cm³/mol. The highest BCUT2D eigenvalue weighted by molar-refractivity contribution is 5.84. The second-order valence-electron chi connectivity index (χ2n) is 6.10. The molecule has 1 heterocycles. The highest BCUT2D eigenvalue weighted by Gasteiger charge is 2.26. The average molecular weight is 294 g/mol. The molecule has 0 aromatic heterocycles. The van der Waals surface area contributed by atoms with Gasteiger partial charge in [-0.15, -0.1) is 0 Å². The van der Waals surface area contributed by atoms with Crippen molar-refractivity contribution in [3.8, 4) is 0 Å². The maximum Gasteiger partial charge on any atom is 0.257 e. The van der Waals surface area contributed by atoms with Crippen LogP contribution in [0, 0.1) is 0 Å². The van der Waals surface area contributed by atoms with Crippen LogP contribution in [0.25, 0.3) is 0 Å². The highest BCUT2D eigenvalue weighted by atomic mass is 19.1. The number of nitrogens with one attached hydrogen (secondary N) is 1. The summed E-state index contributed by atoms with van der Waals surface area (Å²) in [5, 5.41) is 12.2. The van der Waals surface area contributed by atoms with Crippen molar-refractivity contribution in [2.75, 3.05) is 13.1 Å². The second kappa shape index (κ2) is 6.54. The van der Waals surface area contributed by atoms with E-state index in [2.05, 4.69) is 10.2 Å². The number of β-amino-alcohol motifs (C(OH)–C–C–N with tert-alkyl or cyclic N) is 1. The Morgan fingerprint density at radius 2 is 2.10 bits per heavy atom. The van der Waals surface area contributed by atoms with Crippen molar-refractivity contribution in [3.63, 3.8) is 0 Å². The number of benzene rings is 1. The van der Waals surface area contributed by atoms with Gasteiger partial charge in [0.1, 0.15) is 0 Å². The molecule has 0 bridgehead atoms. The summed E-state index contributed by atoms with van der Waals surface area (Å²) in [6, 6.07) is 7.80. The Morgan fingerprint density at radius 1 is 1.43 bits per heavy atom. The number of carbonyl (C=O) groups excluding carboxylic acids is 1. The molecule has 0 radical (unpaired) electrons. The van der Waals surface area contributed by atoms with Crippen LogP contribution < -0.4 is 5.32 Å². The Morgan fingerprint density at radius 3 is 2.67 bits per heavy atom. The van der Waals surface area contributed by atoms with Gasteiger partial charge in [-0.2, -0.15) is 0 Å². The molecule has 1 atom stereocenters. The summed E-state index contributed by atoms with van der Waals surface area (Å²) in [5.41, 5.74) is 0.216. The van der Waals surface area contributed by atoms with Crippen LogP contribution in [0.2, 0.25) is 0 Å². The maximum atomic E-state index is 13.5. The molecular formula is C16H23FN2O2. The van der Waals surface area contributed by atoms with Gasteiger partial charge >= 0.3 is 0 Å². The quantitative estimate of drug-likeness (QED) is 0.867. The van der Waals surface area contributed by atoms with Crippen molar-refractivity contribution in [2.24, 2.45) is 0 Å². The van der Waals surface area contributed by atoms with Gasteiger partial charge in [-0.1, -0.05) is 24.3 Å². The molecular weight excluding hydrogens is 271 g/mol. The fourth-order valence-electron chi connectivity index (χ4n) is 2.47. The fraction of sp³-hybridized carbons (Fsp3) is 0.562. The molecule has 4 nitrogen and oxygen atoms in total. The number of rotatable bonds is 5. The molecule has 5 heteroatoms. The summed E-state index contributed by atoms with van der Waals surface area (Å²) in [7, 11) is 0. The first-order valence-corrected chi connectivity index (χ1v) is 7.30. The lowest BCUT2D eigenvalue weighted by Crippen LogP contribution is -2.38. The van der Waals surface area contributed by atoms with Crippen molar-refractivity contribution in [1.29, 1.82) is 0 Å². The lowest BCUT2D eigenvalue weighted by molar-refractivity contribution is -0.130. The van der Waals surface area contributed by atoms with E-state index in [1.807, 2.05) is 24.3 Å². The van der Waals surface area contributed by atoms with Crippen LogP contribution in [0.5, 0.6) is 0 Å². The third kappa shape index (κ3) is 4.51. The minimum absolute atomic E-state index is 0.246. The molecule has 0 saturated carbocycles. The van der Waals surface area contributed by atoms with Crippen LogP contribution in [-0.2, 0) is 17.9 Å². The van der Waals surface area contributed by atoms with Crippen molar-refractivity contribution < 1.29 is 14.3 Å². The van der Waals surface area contributed by atoms with E-state index in [-0.39, 0.29) is 6.10 Å². The largest absolute Gasteiger partial charge is 0.392 e. The summed E-state index contributed by atoms with van der Waals surface area (Å²) in [6.07, 6.45) is 0.554. The van der Waals surface area contributed by atoms with Crippen LogP contribution >= 0.6 is 0 Å². The third-order valence-electron chi connectivity index (χ3n) is 3.74. The molecule has 0 aliphatic carbocycles. The highest BCUT2D eigenvalue weighted by Crippen LogP contribution is 2.17. The van der Waals surface area contributed by atoms with Gasteiger partial charge in [0.2, 0.25) is 0 Å². The lowest BCUT2D eigenvalue weighted by Gasteiger charge is -2.19. The zero-order chi connectivity index (χ0) is 15.5. The zero-order valence-electron chi connectivity index (χ0n) is 12.6. The molecule has 1 aromatic rings. The van der Waals surface area contributed by atoms with E-state index in [1.54, 1.807) is 0 Å². The number of halogens is 1. The van der Waals surface area contributed by atoms with E-state index in [0.717, 1.165) is 30.6 Å². The summed E-state index contributed by atoms with van der Waals surface area (Å²) < 4.78 is 13.5. The number of hydrogen-bond donors (Lipinski definition) is 2. The Balaban J connectivity index is 1.98. The third-order valence-corrected chi connectivity index (χ3v) is 3.74. The van der Waals surface area contributed by atoms with Gasteiger partial charge in [-0.25, -0.2) is 4.39 Å². The van der Waals surface area contributed by atoms with Crippen LogP contribution in [0.15, 0.2) is 24.3 Å². The van der Waals surface area contributed by atoms with Crippen LogP contribution in [0.1, 0.15) is 31.4 Å². The van der Waals surface area contributed by atoms with E-state index in [4.69, 9.17) is 0 Å². The summed E-state index contributed by atoms with van der Waals surface area (Å²) in [6.45, 7) is 5.11. The van der Waals surface area contributed by atoms with E-state index in [1.165, 1.54) is 13.8 Å². The monoisotopic (exact) mass is 294 g/mol. The lowest BCUT2D eigenvalue weighted by atomic mass is 10.1. The number of aliphatic hydroxyl groups excluding tert-OH is 1. The van der Waals surface area contributed by atoms with E-state index in [0.29, 0.717) is 13.1 Å². The molecule has 1 aromatic carbocycles. The van der Waals surface area contributed by atoms with Crippen molar-refractivity contribution in [2.45, 2.75) is 45.1 Å². The van der Waals surface area contributed by atoms with Crippen LogP contribution in [-0.4, -0.2) is 40.8 Å².